The van der Waals surface area contributed by atoms with E-state index < -0.39 is 15.8 Å². The highest BCUT2D eigenvalue weighted by molar-refractivity contribution is 7.98. The van der Waals surface area contributed by atoms with Crippen molar-refractivity contribution in [3.8, 4) is 5.75 Å². The number of methoxy groups -OCH3 is 1. The first kappa shape index (κ1) is 28.9. The van der Waals surface area contributed by atoms with Crippen LogP contribution in [0.15, 0.2) is 88.9 Å². The third-order valence-electron chi connectivity index (χ3n) is 8.14. The van der Waals surface area contributed by atoms with E-state index in [4.69, 9.17) is 21.4 Å². The van der Waals surface area contributed by atoms with Crippen LogP contribution in [0, 0.1) is 5.82 Å². The molecule has 2 fully saturated rings. The van der Waals surface area contributed by atoms with Crippen LogP contribution in [0.1, 0.15) is 18.4 Å². The molecule has 0 unspecified atom stereocenters. The first-order valence-corrected chi connectivity index (χ1v) is 16.9. The Hall–Kier alpha value is -3.87. The lowest BCUT2D eigenvalue weighted by atomic mass is 10.1. The van der Waals surface area contributed by atoms with E-state index in [9.17, 15) is 12.8 Å². The van der Waals surface area contributed by atoms with E-state index in [1.165, 1.54) is 12.4 Å². The molecule has 3 aromatic carbocycles. The number of benzene rings is 3. The lowest BCUT2D eigenvalue weighted by Crippen LogP contribution is -2.56. The van der Waals surface area contributed by atoms with Crippen molar-refractivity contribution >= 4 is 56.1 Å². The van der Waals surface area contributed by atoms with Gasteiger partial charge in [0.15, 0.2) is 11.6 Å². The summed E-state index contributed by atoms with van der Waals surface area (Å²) in [6.45, 7) is 1.73. The summed E-state index contributed by atoms with van der Waals surface area (Å²) >= 11 is 8.34. The molecule has 226 valence electrons. The topological polar surface area (TPSA) is 93.5 Å². The summed E-state index contributed by atoms with van der Waals surface area (Å²) in [5, 5.41) is 5.77. The average molecular weight is 651 g/mol. The van der Waals surface area contributed by atoms with Crippen molar-refractivity contribution in [2.75, 3.05) is 36.5 Å². The molecular weight excluding hydrogens is 623 g/mol. The van der Waals surface area contributed by atoms with E-state index in [1.807, 2.05) is 41.3 Å². The van der Waals surface area contributed by atoms with E-state index in [2.05, 4.69) is 14.9 Å². The summed E-state index contributed by atoms with van der Waals surface area (Å²) in [6, 6.07) is 20.0. The second kappa shape index (κ2) is 11.2. The Morgan fingerprint density at radius 3 is 2.41 bits per heavy atom. The highest BCUT2D eigenvalue weighted by Gasteiger charge is 2.53. The molecule has 3 heterocycles. The number of anilines is 2. The van der Waals surface area contributed by atoms with Gasteiger partial charge in [0.05, 0.1) is 45.9 Å². The highest BCUT2D eigenvalue weighted by atomic mass is 35.5. The van der Waals surface area contributed by atoms with Gasteiger partial charge < -0.3 is 14.5 Å². The van der Waals surface area contributed by atoms with Gasteiger partial charge in [-0.3, -0.25) is 0 Å². The third-order valence-corrected chi connectivity index (χ3v) is 11.1. The predicted molar refractivity (Wildman–Crippen MR) is 170 cm³/mol. The number of halogens is 2. The van der Waals surface area contributed by atoms with Crippen LogP contribution in [0.2, 0.25) is 5.02 Å². The van der Waals surface area contributed by atoms with Crippen molar-refractivity contribution in [2.45, 2.75) is 33.9 Å². The van der Waals surface area contributed by atoms with E-state index in [1.54, 1.807) is 49.2 Å². The van der Waals surface area contributed by atoms with Crippen LogP contribution < -0.4 is 14.5 Å². The molecule has 7 rings (SSSR count). The number of ether oxygens (including phenoxy) is 1. The second-order valence-corrected chi connectivity index (χ2v) is 14.1. The molecule has 1 spiro atoms. The molecule has 5 aromatic rings. The predicted octanol–water partition coefficient (Wildman–Crippen LogP) is 6.02. The molecule has 0 atom stereocenters. The minimum absolute atomic E-state index is 0.140. The first-order valence-electron chi connectivity index (χ1n) is 14.1. The molecule has 1 aliphatic carbocycles. The number of fused-ring (bicyclic) bond motifs is 1. The highest BCUT2D eigenvalue weighted by Crippen LogP contribution is 2.49. The molecule has 9 nitrogen and oxygen atoms in total. The van der Waals surface area contributed by atoms with Gasteiger partial charge in [0, 0.05) is 30.3 Å². The fraction of sp³-hybridized carbons (Fsp3) is 0.258. The fourth-order valence-electron chi connectivity index (χ4n) is 5.67. The summed E-state index contributed by atoms with van der Waals surface area (Å²) in [7, 11) is -2.40. The number of thioether (sulfide) groups is 1. The molecule has 44 heavy (non-hydrogen) atoms. The Labute approximate surface area is 263 Å². The molecule has 1 aliphatic heterocycles. The Balaban J connectivity index is 1.16. The van der Waals surface area contributed by atoms with Crippen molar-refractivity contribution in [2.24, 2.45) is 0 Å². The molecule has 0 N–H and O–H groups in total. The van der Waals surface area contributed by atoms with E-state index in [-0.39, 0.29) is 10.4 Å². The molecular formula is C31H28ClFN6O3S2. The second-order valence-electron chi connectivity index (χ2n) is 10.9. The summed E-state index contributed by atoms with van der Waals surface area (Å²) in [6.07, 6.45) is 4.12. The maximum Gasteiger partial charge on any atom is 0.283 e. The number of hydrogen-bond donors (Lipinski definition) is 0. The molecule has 13 heteroatoms. The van der Waals surface area contributed by atoms with Crippen LogP contribution in [-0.4, -0.2) is 59.9 Å². The summed E-state index contributed by atoms with van der Waals surface area (Å²) in [5.74, 6) is 2.07. The number of piperazine rings is 1. The van der Waals surface area contributed by atoms with Gasteiger partial charge in [-0.1, -0.05) is 29.8 Å². The molecule has 1 saturated heterocycles. The minimum Gasteiger partial charge on any atom is -0.497 e. The zero-order valence-corrected chi connectivity index (χ0v) is 26.1. The number of hydrogen-bond acceptors (Lipinski definition) is 9. The van der Waals surface area contributed by atoms with Crippen LogP contribution in [0.5, 0.6) is 5.75 Å². The SMILES string of the molecule is COc1ccc(CSc2ccc(S(=O)(=O)n3nc(N4CCN(c5ncc(F)cn5)CC45CC5)c4c(Cl)cccc43)cc2)cc1. The first-order chi connectivity index (χ1) is 21.3. The van der Waals surface area contributed by atoms with Crippen molar-refractivity contribution in [3.05, 3.63) is 95.5 Å². The van der Waals surface area contributed by atoms with Gasteiger partial charge in [0.25, 0.3) is 10.0 Å². The monoisotopic (exact) mass is 650 g/mol. The minimum atomic E-state index is -4.04. The van der Waals surface area contributed by atoms with Crippen molar-refractivity contribution in [3.63, 3.8) is 0 Å². The van der Waals surface area contributed by atoms with E-state index in [0.717, 1.165) is 38.9 Å². The standard InChI is InChI=1S/C31H28ClFN6O3S2/c1-42-23-7-5-21(6-8-23)19-43-24-9-11-25(12-10-24)44(40,41)39-27-4-2-3-26(32)28(27)29(36-39)38-16-15-37(20-31(38)13-14-31)30-34-17-22(33)18-35-30/h2-12,17-18H,13-16,19-20H2,1H3. The maximum absolute atomic E-state index is 14.0. The van der Waals surface area contributed by atoms with Gasteiger partial charge in [0.2, 0.25) is 5.95 Å². The Morgan fingerprint density at radius 2 is 1.73 bits per heavy atom. The molecule has 2 aliphatic rings. The molecule has 0 amide bonds. The molecule has 1 saturated carbocycles. The Morgan fingerprint density at radius 1 is 1.00 bits per heavy atom. The normalized spacial score (nSPS) is 16.1. The van der Waals surface area contributed by atoms with Crippen molar-refractivity contribution in [1.29, 1.82) is 0 Å². The van der Waals surface area contributed by atoms with Gasteiger partial charge in [-0.05, 0) is 66.9 Å². The van der Waals surface area contributed by atoms with E-state index in [0.29, 0.717) is 47.3 Å². The maximum atomic E-state index is 14.0. The van der Waals surface area contributed by atoms with Crippen LogP contribution >= 0.6 is 23.4 Å². The van der Waals surface area contributed by atoms with Crippen LogP contribution in [0.4, 0.5) is 16.2 Å². The summed E-state index contributed by atoms with van der Waals surface area (Å²) in [5.41, 5.74) is 1.29. The Bertz CT molecular complexity index is 1930. The summed E-state index contributed by atoms with van der Waals surface area (Å²) < 4.78 is 47.8. The van der Waals surface area contributed by atoms with Gasteiger partial charge in [0.1, 0.15) is 5.75 Å². The quantitative estimate of drug-likeness (QED) is 0.187. The van der Waals surface area contributed by atoms with Crippen molar-refractivity contribution in [1.82, 2.24) is 19.2 Å². The number of aromatic nitrogens is 4. The number of rotatable bonds is 8. The lowest BCUT2D eigenvalue weighted by molar-refractivity contribution is 0.414. The summed E-state index contributed by atoms with van der Waals surface area (Å²) in [4.78, 5) is 13.6. The zero-order valence-electron chi connectivity index (χ0n) is 23.7. The lowest BCUT2D eigenvalue weighted by Gasteiger charge is -2.42. The largest absolute Gasteiger partial charge is 0.497 e. The van der Waals surface area contributed by atoms with Crippen LogP contribution in [-0.2, 0) is 15.8 Å². The molecule has 0 radical (unpaired) electrons. The third kappa shape index (κ3) is 5.24. The number of nitrogens with zero attached hydrogens (tertiary/aromatic N) is 6. The fourth-order valence-corrected chi connectivity index (χ4v) is 8.06. The van der Waals surface area contributed by atoms with Gasteiger partial charge in [-0.15, -0.1) is 16.9 Å². The average Bonchev–Trinajstić information content (AvgIpc) is 3.68. The van der Waals surface area contributed by atoms with Gasteiger partial charge in [-0.2, -0.15) is 12.5 Å². The van der Waals surface area contributed by atoms with Gasteiger partial charge in [-0.25, -0.2) is 14.4 Å². The van der Waals surface area contributed by atoms with Crippen molar-refractivity contribution < 1.29 is 17.5 Å². The zero-order chi connectivity index (χ0) is 30.5. The van der Waals surface area contributed by atoms with Crippen LogP contribution in [0.3, 0.4) is 0 Å². The molecule has 2 aromatic heterocycles. The molecule has 0 bridgehead atoms. The smallest absolute Gasteiger partial charge is 0.283 e. The van der Waals surface area contributed by atoms with Crippen LogP contribution in [0.25, 0.3) is 10.9 Å². The van der Waals surface area contributed by atoms with Gasteiger partial charge >= 0.3 is 0 Å². The Kier molecular flexibility index (Phi) is 7.38. The van der Waals surface area contributed by atoms with E-state index >= 15 is 0 Å².